The third kappa shape index (κ3) is 1.60. The molecular formula is C10H12BrNO2. The van der Waals surface area contributed by atoms with Crippen LogP contribution in [0.15, 0.2) is 16.6 Å². The van der Waals surface area contributed by atoms with E-state index in [9.17, 15) is 5.11 Å². The number of halogens is 1. The van der Waals surface area contributed by atoms with Crippen molar-refractivity contribution in [3.05, 3.63) is 22.2 Å². The summed E-state index contributed by atoms with van der Waals surface area (Å²) in [5.74, 6) is 0.694. The highest BCUT2D eigenvalue weighted by Gasteiger charge is 2.22. The second kappa shape index (κ2) is 3.79. The van der Waals surface area contributed by atoms with Crippen LogP contribution in [0, 0.1) is 0 Å². The van der Waals surface area contributed by atoms with Crippen molar-refractivity contribution in [3.63, 3.8) is 0 Å². The van der Waals surface area contributed by atoms with E-state index in [0.29, 0.717) is 11.8 Å². The quantitative estimate of drug-likeness (QED) is 0.854. The van der Waals surface area contributed by atoms with Crippen LogP contribution in [0.25, 0.3) is 0 Å². The van der Waals surface area contributed by atoms with Gasteiger partial charge in [0.2, 0.25) is 0 Å². The standard InChI is InChI=1S/C10H12BrNO2/c1-14-10-5-7(11)6(4-9(10)13)8-2-3-12-8/h4-5,8,12-13H,2-3H2,1H3. The van der Waals surface area contributed by atoms with Crippen LogP contribution in [0.4, 0.5) is 0 Å². The maximum atomic E-state index is 9.61. The van der Waals surface area contributed by atoms with Gasteiger partial charge in [0.25, 0.3) is 0 Å². The molecule has 1 aliphatic heterocycles. The molecule has 1 unspecified atom stereocenters. The Balaban J connectivity index is 2.36. The molecule has 76 valence electrons. The van der Waals surface area contributed by atoms with Crippen molar-refractivity contribution in [1.29, 1.82) is 0 Å². The van der Waals surface area contributed by atoms with Crippen molar-refractivity contribution >= 4 is 15.9 Å². The Bertz CT molecular complexity index is 350. The summed E-state index contributed by atoms with van der Waals surface area (Å²) in [7, 11) is 1.54. The fourth-order valence-corrected chi connectivity index (χ4v) is 2.14. The van der Waals surface area contributed by atoms with Crippen LogP contribution in [0.3, 0.4) is 0 Å². The highest BCUT2D eigenvalue weighted by molar-refractivity contribution is 9.10. The molecule has 1 saturated heterocycles. The number of phenols is 1. The number of ether oxygens (including phenoxy) is 1. The van der Waals surface area contributed by atoms with E-state index in [-0.39, 0.29) is 5.75 Å². The van der Waals surface area contributed by atoms with E-state index in [1.165, 1.54) is 0 Å². The van der Waals surface area contributed by atoms with Crippen LogP contribution in [-0.2, 0) is 0 Å². The second-order valence-electron chi connectivity index (χ2n) is 3.34. The fraction of sp³-hybridized carbons (Fsp3) is 0.400. The summed E-state index contributed by atoms with van der Waals surface area (Å²) in [6.45, 7) is 1.05. The molecule has 1 aromatic carbocycles. The summed E-state index contributed by atoms with van der Waals surface area (Å²) >= 11 is 3.47. The van der Waals surface area contributed by atoms with Crippen LogP contribution < -0.4 is 10.1 Å². The van der Waals surface area contributed by atoms with E-state index >= 15 is 0 Å². The van der Waals surface area contributed by atoms with Gasteiger partial charge in [-0.05, 0) is 30.7 Å². The van der Waals surface area contributed by atoms with Gasteiger partial charge in [0, 0.05) is 10.5 Å². The predicted octanol–water partition coefficient (Wildman–Crippen LogP) is 2.20. The first-order valence-electron chi connectivity index (χ1n) is 4.52. The van der Waals surface area contributed by atoms with Gasteiger partial charge in [0.1, 0.15) is 0 Å². The Hall–Kier alpha value is -0.740. The lowest BCUT2D eigenvalue weighted by atomic mass is 9.98. The molecule has 0 saturated carbocycles. The van der Waals surface area contributed by atoms with Crippen molar-refractivity contribution in [2.24, 2.45) is 0 Å². The summed E-state index contributed by atoms with van der Waals surface area (Å²) in [6.07, 6.45) is 1.12. The topological polar surface area (TPSA) is 41.5 Å². The Morgan fingerprint density at radius 3 is 2.79 bits per heavy atom. The zero-order valence-corrected chi connectivity index (χ0v) is 9.47. The third-order valence-corrected chi connectivity index (χ3v) is 3.18. The van der Waals surface area contributed by atoms with Gasteiger partial charge < -0.3 is 15.2 Å². The minimum absolute atomic E-state index is 0.194. The summed E-state index contributed by atoms with van der Waals surface area (Å²) in [4.78, 5) is 0. The molecular weight excluding hydrogens is 246 g/mol. The van der Waals surface area contributed by atoms with Crippen molar-refractivity contribution in [3.8, 4) is 11.5 Å². The SMILES string of the molecule is COc1cc(Br)c(C2CCN2)cc1O. The molecule has 2 rings (SSSR count). The first-order valence-corrected chi connectivity index (χ1v) is 5.31. The van der Waals surface area contributed by atoms with E-state index in [1.807, 2.05) is 0 Å². The Labute approximate surface area is 91.2 Å². The monoisotopic (exact) mass is 257 g/mol. The average molecular weight is 258 g/mol. The Morgan fingerprint density at radius 2 is 2.29 bits per heavy atom. The highest BCUT2D eigenvalue weighted by atomic mass is 79.9. The number of benzene rings is 1. The smallest absolute Gasteiger partial charge is 0.161 e. The molecule has 0 amide bonds. The van der Waals surface area contributed by atoms with E-state index in [1.54, 1.807) is 19.2 Å². The van der Waals surface area contributed by atoms with Gasteiger partial charge in [-0.2, -0.15) is 0 Å². The Kier molecular flexibility index (Phi) is 2.65. The molecule has 1 heterocycles. The van der Waals surface area contributed by atoms with Gasteiger partial charge in [0.15, 0.2) is 11.5 Å². The summed E-state index contributed by atoms with van der Waals surface area (Å²) in [5, 5.41) is 12.9. The van der Waals surface area contributed by atoms with Crippen LogP contribution in [0.5, 0.6) is 11.5 Å². The van der Waals surface area contributed by atoms with Crippen molar-refractivity contribution < 1.29 is 9.84 Å². The predicted molar refractivity (Wildman–Crippen MR) is 57.7 cm³/mol. The zero-order valence-electron chi connectivity index (χ0n) is 7.88. The number of hydrogen-bond acceptors (Lipinski definition) is 3. The minimum atomic E-state index is 0.194. The van der Waals surface area contributed by atoms with Crippen LogP contribution in [0.1, 0.15) is 18.0 Å². The summed E-state index contributed by atoms with van der Waals surface area (Å²) in [6, 6.07) is 3.91. The van der Waals surface area contributed by atoms with Crippen molar-refractivity contribution in [2.75, 3.05) is 13.7 Å². The first kappa shape index (κ1) is 9.80. The van der Waals surface area contributed by atoms with E-state index < -0.39 is 0 Å². The van der Waals surface area contributed by atoms with E-state index in [0.717, 1.165) is 23.0 Å². The lowest BCUT2D eigenvalue weighted by Gasteiger charge is -2.29. The van der Waals surface area contributed by atoms with Gasteiger partial charge in [-0.25, -0.2) is 0 Å². The molecule has 1 aromatic rings. The molecule has 1 atom stereocenters. The van der Waals surface area contributed by atoms with Crippen molar-refractivity contribution in [2.45, 2.75) is 12.5 Å². The number of methoxy groups -OCH3 is 1. The molecule has 0 aromatic heterocycles. The molecule has 1 fully saturated rings. The molecule has 0 spiro atoms. The summed E-state index contributed by atoms with van der Waals surface area (Å²) < 4.78 is 5.99. The van der Waals surface area contributed by atoms with Crippen LogP contribution >= 0.6 is 15.9 Å². The van der Waals surface area contributed by atoms with Crippen LogP contribution in [-0.4, -0.2) is 18.8 Å². The molecule has 4 heteroatoms. The molecule has 0 radical (unpaired) electrons. The van der Waals surface area contributed by atoms with E-state index in [4.69, 9.17) is 4.74 Å². The number of hydrogen-bond donors (Lipinski definition) is 2. The number of phenolic OH excluding ortho intramolecular Hbond substituents is 1. The first-order chi connectivity index (χ1) is 6.72. The molecule has 0 aliphatic carbocycles. The number of aromatic hydroxyl groups is 1. The largest absolute Gasteiger partial charge is 0.504 e. The number of rotatable bonds is 2. The normalized spacial score (nSPS) is 20.3. The van der Waals surface area contributed by atoms with Gasteiger partial charge in [-0.15, -0.1) is 0 Å². The maximum Gasteiger partial charge on any atom is 0.161 e. The molecule has 2 N–H and O–H groups in total. The Morgan fingerprint density at radius 1 is 1.57 bits per heavy atom. The third-order valence-electron chi connectivity index (χ3n) is 2.50. The number of nitrogens with one attached hydrogen (secondary N) is 1. The van der Waals surface area contributed by atoms with Gasteiger partial charge in [0.05, 0.1) is 7.11 Å². The fourth-order valence-electron chi connectivity index (χ4n) is 1.54. The molecule has 0 bridgehead atoms. The molecule has 3 nitrogen and oxygen atoms in total. The van der Waals surface area contributed by atoms with E-state index in [2.05, 4.69) is 21.2 Å². The molecule has 14 heavy (non-hydrogen) atoms. The lowest BCUT2D eigenvalue weighted by Crippen LogP contribution is -2.35. The lowest BCUT2D eigenvalue weighted by molar-refractivity contribution is 0.362. The zero-order chi connectivity index (χ0) is 10.1. The summed E-state index contributed by atoms with van der Waals surface area (Å²) in [5.41, 5.74) is 1.09. The van der Waals surface area contributed by atoms with Gasteiger partial charge in [-0.3, -0.25) is 0 Å². The van der Waals surface area contributed by atoms with Gasteiger partial charge in [-0.1, -0.05) is 15.9 Å². The maximum absolute atomic E-state index is 9.61. The van der Waals surface area contributed by atoms with Crippen molar-refractivity contribution in [1.82, 2.24) is 5.32 Å². The molecule has 1 aliphatic rings. The van der Waals surface area contributed by atoms with Crippen LogP contribution in [0.2, 0.25) is 0 Å². The highest BCUT2D eigenvalue weighted by Crippen LogP contribution is 2.37. The minimum Gasteiger partial charge on any atom is -0.504 e. The second-order valence-corrected chi connectivity index (χ2v) is 4.20. The average Bonchev–Trinajstić information content (AvgIpc) is 2.08. The van der Waals surface area contributed by atoms with Gasteiger partial charge >= 0.3 is 0 Å².